The van der Waals surface area contributed by atoms with Gasteiger partial charge in [0.1, 0.15) is 4.21 Å². The van der Waals surface area contributed by atoms with Crippen LogP contribution in [0.15, 0.2) is 10.3 Å². The van der Waals surface area contributed by atoms with E-state index in [1.807, 2.05) is 13.8 Å². The molecule has 1 atom stereocenters. The number of nitrogens with one attached hydrogen (secondary N) is 1. The standard InChI is InChI=1S/C12H19NO3S2/c1-8-7-12(17-9(8)2)18(15,16)13-11(5-6-14)10-3-4-10/h7,10-11,13-14H,3-6H2,1-2H3. The van der Waals surface area contributed by atoms with Crippen molar-refractivity contribution in [2.24, 2.45) is 5.92 Å². The molecule has 2 rings (SSSR count). The normalized spacial score (nSPS) is 17.9. The zero-order valence-corrected chi connectivity index (χ0v) is 12.3. The van der Waals surface area contributed by atoms with Gasteiger partial charge in [0.05, 0.1) is 0 Å². The van der Waals surface area contributed by atoms with Crippen molar-refractivity contribution in [1.29, 1.82) is 0 Å². The summed E-state index contributed by atoms with van der Waals surface area (Å²) in [4.78, 5) is 1.03. The van der Waals surface area contributed by atoms with Gasteiger partial charge in [-0.1, -0.05) is 0 Å². The van der Waals surface area contributed by atoms with Crippen LogP contribution in [0.1, 0.15) is 29.7 Å². The van der Waals surface area contributed by atoms with Crippen molar-refractivity contribution in [1.82, 2.24) is 4.72 Å². The monoisotopic (exact) mass is 289 g/mol. The Bertz CT molecular complexity index is 498. The van der Waals surface area contributed by atoms with E-state index in [1.54, 1.807) is 6.07 Å². The maximum atomic E-state index is 12.2. The van der Waals surface area contributed by atoms with E-state index >= 15 is 0 Å². The fourth-order valence-electron chi connectivity index (χ4n) is 1.96. The first-order chi connectivity index (χ1) is 8.44. The molecule has 1 aromatic rings. The van der Waals surface area contributed by atoms with Gasteiger partial charge in [-0.15, -0.1) is 11.3 Å². The second-order valence-electron chi connectivity index (χ2n) is 4.88. The largest absolute Gasteiger partial charge is 0.396 e. The Morgan fingerprint density at radius 3 is 2.61 bits per heavy atom. The molecule has 1 aliphatic rings. The molecule has 4 nitrogen and oxygen atoms in total. The second-order valence-corrected chi connectivity index (χ2v) is 8.08. The number of aryl methyl sites for hydroxylation is 2. The minimum absolute atomic E-state index is 0.0200. The lowest BCUT2D eigenvalue weighted by Gasteiger charge is -2.16. The molecule has 0 radical (unpaired) electrons. The number of thiophene rings is 1. The average Bonchev–Trinajstić information content (AvgIpc) is 3.06. The highest BCUT2D eigenvalue weighted by molar-refractivity contribution is 7.91. The van der Waals surface area contributed by atoms with Crippen molar-refractivity contribution < 1.29 is 13.5 Å². The minimum Gasteiger partial charge on any atom is -0.396 e. The SMILES string of the molecule is Cc1cc(S(=O)(=O)NC(CCO)C2CC2)sc1C. The summed E-state index contributed by atoms with van der Waals surface area (Å²) in [6.07, 6.45) is 2.60. The number of rotatable bonds is 6. The fraction of sp³-hybridized carbons (Fsp3) is 0.667. The molecule has 1 unspecified atom stereocenters. The predicted octanol–water partition coefficient (Wildman–Crippen LogP) is 1.80. The van der Waals surface area contributed by atoms with E-state index < -0.39 is 10.0 Å². The van der Waals surface area contributed by atoms with Gasteiger partial charge in [0.2, 0.25) is 10.0 Å². The molecule has 0 spiro atoms. The van der Waals surface area contributed by atoms with Crippen LogP contribution in [0.25, 0.3) is 0 Å². The average molecular weight is 289 g/mol. The van der Waals surface area contributed by atoms with E-state index in [2.05, 4.69) is 4.72 Å². The van der Waals surface area contributed by atoms with E-state index in [1.165, 1.54) is 11.3 Å². The van der Waals surface area contributed by atoms with Crippen LogP contribution in [0.5, 0.6) is 0 Å². The summed E-state index contributed by atoms with van der Waals surface area (Å²) in [6.45, 7) is 3.86. The molecule has 1 saturated carbocycles. The fourth-order valence-corrected chi connectivity index (χ4v) is 4.83. The lowest BCUT2D eigenvalue weighted by molar-refractivity contribution is 0.265. The molecular weight excluding hydrogens is 270 g/mol. The third-order valence-electron chi connectivity index (χ3n) is 3.35. The van der Waals surface area contributed by atoms with Gasteiger partial charge in [0, 0.05) is 17.5 Å². The smallest absolute Gasteiger partial charge is 0.250 e. The number of sulfonamides is 1. The Labute approximate surface area is 112 Å². The van der Waals surface area contributed by atoms with Crippen molar-refractivity contribution in [2.75, 3.05) is 6.61 Å². The van der Waals surface area contributed by atoms with Crippen molar-refractivity contribution >= 4 is 21.4 Å². The molecule has 1 heterocycles. The van der Waals surface area contributed by atoms with E-state index in [0.29, 0.717) is 16.5 Å². The summed E-state index contributed by atoms with van der Waals surface area (Å²) in [5.74, 6) is 0.397. The van der Waals surface area contributed by atoms with E-state index in [0.717, 1.165) is 23.3 Å². The molecule has 6 heteroatoms. The summed E-state index contributed by atoms with van der Waals surface area (Å²) >= 11 is 1.30. The highest BCUT2D eigenvalue weighted by Crippen LogP contribution is 2.35. The van der Waals surface area contributed by atoms with Crippen LogP contribution in [0.4, 0.5) is 0 Å². The Balaban J connectivity index is 2.15. The minimum atomic E-state index is -3.43. The number of aliphatic hydroxyl groups excluding tert-OH is 1. The molecule has 0 amide bonds. The maximum Gasteiger partial charge on any atom is 0.250 e. The van der Waals surface area contributed by atoms with Gasteiger partial charge in [-0.25, -0.2) is 13.1 Å². The maximum absolute atomic E-state index is 12.2. The van der Waals surface area contributed by atoms with Gasteiger partial charge in [0.15, 0.2) is 0 Å². The molecule has 0 saturated heterocycles. The molecule has 1 aromatic heterocycles. The summed E-state index contributed by atoms with van der Waals surface area (Å²) in [5.41, 5.74) is 1.01. The van der Waals surface area contributed by atoms with Crippen molar-refractivity contribution in [3.8, 4) is 0 Å². The Kier molecular flexibility index (Phi) is 4.11. The number of hydrogen-bond donors (Lipinski definition) is 2. The molecule has 1 aliphatic carbocycles. The highest BCUT2D eigenvalue weighted by Gasteiger charge is 2.34. The topological polar surface area (TPSA) is 66.4 Å². The Hall–Kier alpha value is -0.430. The Morgan fingerprint density at radius 2 is 2.17 bits per heavy atom. The molecule has 102 valence electrons. The van der Waals surface area contributed by atoms with Gasteiger partial charge >= 0.3 is 0 Å². The summed E-state index contributed by atoms with van der Waals surface area (Å²) in [7, 11) is -3.43. The zero-order chi connectivity index (χ0) is 13.3. The van der Waals surface area contributed by atoms with Crippen LogP contribution in [0.2, 0.25) is 0 Å². The molecule has 2 N–H and O–H groups in total. The van der Waals surface area contributed by atoms with Crippen molar-refractivity contribution in [3.63, 3.8) is 0 Å². The van der Waals surface area contributed by atoms with E-state index in [-0.39, 0.29) is 12.6 Å². The summed E-state index contributed by atoms with van der Waals surface area (Å²) in [6, 6.07) is 1.59. The Morgan fingerprint density at radius 1 is 1.50 bits per heavy atom. The van der Waals surface area contributed by atoms with Crippen LogP contribution in [-0.4, -0.2) is 26.2 Å². The van der Waals surface area contributed by atoms with Gasteiger partial charge in [-0.3, -0.25) is 0 Å². The van der Waals surface area contributed by atoms with Crippen molar-refractivity contribution in [2.45, 2.75) is 43.4 Å². The van der Waals surface area contributed by atoms with Crippen LogP contribution in [-0.2, 0) is 10.0 Å². The predicted molar refractivity (Wildman–Crippen MR) is 72.3 cm³/mol. The van der Waals surface area contributed by atoms with Crippen LogP contribution < -0.4 is 4.72 Å². The van der Waals surface area contributed by atoms with Crippen molar-refractivity contribution in [3.05, 3.63) is 16.5 Å². The number of hydrogen-bond acceptors (Lipinski definition) is 4. The molecular formula is C12H19NO3S2. The lowest BCUT2D eigenvalue weighted by atomic mass is 10.1. The molecule has 0 aromatic carbocycles. The van der Waals surface area contributed by atoms with Crippen LogP contribution in [0, 0.1) is 19.8 Å². The lowest BCUT2D eigenvalue weighted by Crippen LogP contribution is -2.36. The van der Waals surface area contributed by atoms with Crippen LogP contribution in [0.3, 0.4) is 0 Å². The zero-order valence-electron chi connectivity index (χ0n) is 10.6. The summed E-state index contributed by atoms with van der Waals surface area (Å²) in [5, 5.41) is 9.00. The first kappa shape index (κ1) is 14.0. The van der Waals surface area contributed by atoms with Gasteiger partial charge < -0.3 is 5.11 Å². The van der Waals surface area contributed by atoms with Gasteiger partial charge in [0.25, 0.3) is 0 Å². The first-order valence-electron chi connectivity index (χ1n) is 6.14. The quantitative estimate of drug-likeness (QED) is 0.839. The highest BCUT2D eigenvalue weighted by atomic mass is 32.2. The van der Waals surface area contributed by atoms with Crippen LogP contribution >= 0.6 is 11.3 Å². The number of aliphatic hydroxyl groups is 1. The third kappa shape index (κ3) is 3.12. The van der Waals surface area contributed by atoms with Gasteiger partial charge in [-0.05, 0) is 50.7 Å². The molecule has 1 fully saturated rings. The van der Waals surface area contributed by atoms with E-state index in [4.69, 9.17) is 5.11 Å². The summed E-state index contributed by atoms with van der Waals surface area (Å²) < 4.78 is 27.6. The molecule has 0 bridgehead atoms. The van der Waals surface area contributed by atoms with E-state index in [9.17, 15) is 8.42 Å². The molecule has 0 aliphatic heterocycles. The molecule has 18 heavy (non-hydrogen) atoms. The van der Waals surface area contributed by atoms with Gasteiger partial charge in [-0.2, -0.15) is 0 Å². The first-order valence-corrected chi connectivity index (χ1v) is 8.44. The third-order valence-corrected chi connectivity index (χ3v) is 6.46. The second kappa shape index (κ2) is 5.28.